The minimum Gasteiger partial charge on any atom is -0.324 e. The summed E-state index contributed by atoms with van der Waals surface area (Å²) in [6, 6.07) is 5.52. The second-order valence-corrected chi connectivity index (χ2v) is 7.13. The highest BCUT2D eigenvalue weighted by Gasteiger charge is 2.22. The van der Waals surface area contributed by atoms with Crippen LogP contribution in [-0.2, 0) is 35.5 Å². The smallest absolute Gasteiger partial charge is 0.324 e. The van der Waals surface area contributed by atoms with E-state index in [9.17, 15) is 14.4 Å². The topological polar surface area (TPSA) is 89.2 Å². The number of carbonyl (C=O) groups excluding carboxylic acids is 2. The number of nitrogens with one attached hydrogen (secondary N) is 1. The molecule has 1 aromatic carbocycles. The van der Waals surface area contributed by atoms with Crippen LogP contribution in [0.4, 0.5) is 11.4 Å². The molecule has 142 valence electrons. The van der Waals surface area contributed by atoms with Crippen molar-refractivity contribution in [3.05, 3.63) is 40.1 Å². The second kappa shape index (κ2) is 7.02. The summed E-state index contributed by atoms with van der Waals surface area (Å²) in [6.45, 7) is 2.79. The highest BCUT2D eigenvalue weighted by atomic mass is 16.2. The largest absolute Gasteiger partial charge is 0.346 e. The number of aryl methyl sites for hydroxylation is 1. The SMILES string of the molecule is CC(=O)N1CCc2cc(NC(=O)Cn3nc4n(c3=O)CCCCC4)ccc21. The molecule has 0 bridgehead atoms. The first-order chi connectivity index (χ1) is 13.0. The molecule has 0 radical (unpaired) electrons. The number of aromatic nitrogens is 3. The number of rotatable bonds is 3. The maximum Gasteiger partial charge on any atom is 0.346 e. The van der Waals surface area contributed by atoms with Gasteiger partial charge in [-0.3, -0.25) is 14.2 Å². The van der Waals surface area contributed by atoms with Gasteiger partial charge >= 0.3 is 5.69 Å². The highest BCUT2D eigenvalue weighted by molar-refractivity contribution is 5.95. The number of benzene rings is 1. The number of fused-ring (bicyclic) bond motifs is 2. The minimum absolute atomic E-state index is 0.0180. The molecule has 1 aromatic heterocycles. The molecule has 2 amide bonds. The van der Waals surface area contributed by atoms with Gasteiger partial charge in [-0.05, 0) is 43.0 Å². The Morgan fingerprint density at radius 3 is 2.81 bits per heavy atom. The summed E-state index contributed by atoms with van der Waals surface area (Å²) in [5, 5.41) is 7.17. The normalized spacial score (nSPS) is 15.8. The molecule has 8 heteroatoms. The summed E-state index contributed by atoms with van der Waals surface area (Å²) in [4.78, 5) is 38.2. The van der Waals surface area contributed by atoms with Gasteiger partial charge in [-0.15, -0.1) is 0 Å². The van der Waals surface area contributed by atoms with E-state index in [0.29, 0.717) is 18.8 Å². The van der Waals surface area contributed by atoms with Crippen molar-refractivity contribution in [2.24, 2.45) is 0 Å². The average Bonchev–Trinajstić information content (AvgIpc) is 3.07. The second-order valence-electron chi connectivity index (χ2n) is 7.13. The van der Waals surface area contributed by atoms with Crippen LogP contribution >= 0.6 is 0 Å². The number of hydrogen-bond acceptors (Lipinski definition) is 4. The first-order valence-corrected chi connectivity index (χ1v) is 9.40. The molecule has 0 atom stereocenters. The Balaban J connectivity index is 1.46. The monoisotopic (exact) mass is 369 g/mol. The van der Waals surface area contributed by atoms with Crippen molar-refractivity contribution < 1.29 is 9.59 Å². The maximum absolute atomic E-state index is 12.5. The Hall–Kier alpha value is -2.90. The zero-order valence-corrected chi connectivity index (χ0v) is 15.4. The summed E-state index contributed by atoms with van der Waals surface area (Å²) in [6.07, 6.45) is 4.64. The summed E-state index contributed by atoms with van der Waals surface area (Å²) >= 11 is 0. The molecule has 2 aromatic rings. The molecule has 0 unspecified atom stereocenters. The van der Waals surface area contributed by atoms with Gasteiger partial charge in [0.25, 0.3) is 0 Å². The molecule has 8 nitrogen and oxygen atoms in total. The van der Waals surface area contributed by atoms with Crippen LogP contribution in [0.5, 0.6) is 0 Å². The first kappa shape index (κ1) is 17.5. The van der Waals surface area contributed by atoms with Gasteiger partial charge in [-0.2, -0.15) is 5.10 Å². The van der Waals surface area contributed by atoms with E-state index in [-0.39, 0.29) is 24.0 Å². The Morgan fingerprint density at radius 2 is 2.00 bits per heavy atom. The lowest BCUT2D eigenvalue weighted by molar-refractivity contribution is -0.117. The fourth-order valence-electron chi connectivity index (χ4n) is 3.87. The van der Waals surface area contributed by atoms with E-state index in [4.69, 9.17) is 0 Å². The van der Waals surface area contributed by atoms with Gasteiger partial charge in [-0.25, -0.2) is 9.48 Å². The number of carbonyl (C=O) groups is 2. The summed E-state index contributed by atoms with van der Waals surface area (Å²) < 4.78 is 2.94. The Morgan fingerprint density at radius 1 is 1.15 bits per heavy atom. The van der Waals surface area contributed by atoms with Gasteiger partial charge in [0.05, 0.1) is 0 Å². The third kappa shape index (κ3) is 3.39. The van der Waals surface area contributed by atoms with Gasteiger partial charge in [0.15, 0.2) is 0 Å². The number of nitrogens with zero attached hydrogens (tertiary/aromatic N) is 4. The predicted octanol–water partition coefficient (Wildman–Crippen LogP) is 1.32. The van der Waals surface area contributed by atoms with Crippen LogP contribution in [0.3, 0.4) is 0 Å². The zero-order chi connectivity index (χ0) is 19.0. The molecule has 3 heterocycles. The maximum atomic E-state index is 12.5. The Bertz CT molecular complexity index is 959. The van der Waals surface area contributed by atoms with Crippen molar-refractivity contribution in [2.75, 3.05) is 16.8 Å². The first-order valence-electron chi connectivity index (χ1n) is 9.40. The third-order valence-corrected chi connectivity index (χ3v) is 5.21. The Labute approximate surface area is 156 Å². The third-order valence-electron chi connectivity index (χ3n) is 5.21. The number of amides is 2. The molecular formula is C19H23N5O3. The number of anilines is 2. The average molecular weight is 369 g/mol. The molecule has 1 N–H and O–H groups in total. The van der Waals surface area contributed by atoms with Gasteiger partial charge in [0.1, 0.15) is 12.4 Å². The molecule has 2 aliphatic heterocycles. The molecule has 0 saturated carbocycles. The Kier molecular flexibility index (Phi) is 4.55. The molecule has 4 rings (SSSR count). The minimum atomic E-state index is -0.285. The number of hydrogen-bond donors (Lipinski definition) is 1. The fourth-order valence-corrected chi connectivity index (χ4v) is 3.87. The molecule has 27 heavy (non-hydrogen) atoms. The van der Waals surface area contributed by atoms with Crippen LogP contribution in [0.2, 0.25) is 0 Å². The summed E-state index contributed by atoms with van der Waals surface area (Å²) in [5.41, 5.74) is 2.38. The van der Waals surface area contributed by atoms with Crippen LogP contribution < -0.4 is 15.9 Å². The fraction of sp³-hybridized carbons (Fsp3) is 0.474. The summed E-state index contributed by atoms with van der Waals surface area (Å²) in [7, 11) is 0. The lowest BCUT2D eigenvalue weighted by Crippen LogP contribution is -2.30. The van der Waals surface area contributed by atoms with E-state index in [1.807, 2.05) is 12.1 Å². The van der Waals surface area contributed by atoms with Crippen LogP contribution in [0, 0.1) is 0 Å². The van der Waals surface area contributed by atoms with Crippen LogP contribution in [-0.4, -0.2) is 32.7 Å². The lowest BCUT2D eigenvalue weighted by atomic mass is 10.1. The molecule has 0 fully saturated rings. The van der Waals surface area contributed by atoms with E-state index >= 15 is 0 Å². The predicted molar refractivity (Wildman–Crippen MR) is 101 cm³/mol. The molecule has 0 aliphatic carbocycles. The van der Waals surface area contributed by atoms with Crippen molar-refractivity contribution in [3.63, 3.8) is 0 Å². The summed E-state index contributed by atoms with van der Waals surface area (Å²) in [5.74, 6) is 0.503. The standard InChI is InChI=1S/C19H23N5O3/c1-13(25)22-10-8-14-11-15(6-7-16(14)22)20-18(26)12-24-19(27)23-9-4-2-3-5-17(23)21-24/h6-7,11H,2-5,8-10,12H2,1H3,(H,20,26). The van der Waals surface area contributed by atoms with E-state index in [2.05, 4.69) is 10.4 Å². The quantitative estimate of drug-likeness (QED) is 0.884. The van der Waals surface area contributed by atoms with Crippen LogP contribution in [0.15, 0.2) is 23.0 Å². The van der Waals surface area contributed by atoms with Crippen molar-refractivity contribution >= 4 is 23.2 Å². The van der Waals surface area contributed by atoms with Gasteiger partial charge in [-0.1, -0.05) is 6.42 Å². The van der Waals surface area contributed by atoms with Gasteiger partial charge in [0, 0.05) is 37.8 Å². The molecule has 0 spiro atoms. The van der Waals surface area contributed by atoms with Gasteiger partial charge in [0.2, 0.25) is 11.8 Å². The molecule has 2 aliphatic rings. The van der Waals surface area contributed by atoms with E-state index in [1.54, 1.807) is 22.5 Å². The van der Waals surface area contributed by atoms with E-state index in [0.717, 1.165) is 49.2 Å². The van der Waals surface area contributed by atoms with E-state index in [1.165, 1.54) is 4.68 Å². The van der Waals surface area contributed by atoms with Crippen LogP contribution in [0.25, 0.3) is 0 Å². The van der Waals surface area contributed by atoms with Crippen molar-refractivity contribution in [2.45, 2.75) is 52.1 Å². The lowest BCUT2D eigenvalue weighted by Gasteiger charge is -2.15. The van der Waals surface area contributed by atoms with Gasteiger partial charge < -0.3 is 10.2 Å². The zero-order valence-electron chi connectivity index (χ0n) is 15.4. The molecular weight excluding hydrogens is 346 g/mol. The highest BCUT2D eigenvalue weighted by Crippen LogP contribution is 2.30. The van der Waals surface area contributed by atoms with Crippen molar-refractivity contribution in [1.82, 2.24) is 14.3 Å². The van der Waals surface area contributed by atoms with Crippen molar-refractivity contribution in [1.29, 1.82) is 0 Å². The van der Waals surface area contributed by atoms with E-state index < -0.39 is 0 Å². The van der Waals surface area contributed by atoms with Crippen LogP contribution in [0.1, 0.15) is 37.6 Å². The van der Waals surface area contributed by atoms with Crippen molar-refractivity contribution in [3.8, 4) is 0 Å². The molecule has 0 saturated heterocycles.